The van der Waals surface area contributed by atoms with Gasteiger partial charge in [-0.3, -0.25) is 9.36 Å². The lowest BCUT2D eigenvalue weighted by Crippen LogP contribution is -2.20. The Balaban J connectivity index is 2.54. The Morgan fingerprint density at radius 3 is 2.72 bits per heavy atom. The van der Waals surface area contributed by atoms with E-state index in [9.17, 15) is 4.79 Å². The molecule has 0 saturated heterocycles. The molecular weight excluding hydrogens is 224 g/mol. The minimum absolute atomic E-state index is 0.0503. The standard InChI is InChI=1S/C15H20N2O/c1-4-5-6-9-17-14(18)8-7-13-12(3)11(2)10-16-15(13)17/h7-8,10H,4-6,9H2,1-3H3. The van der Waals surface area contributed by atoms with Crippen LogP contribution in [0.3, 0.4) is 0 Å². The molecule has 96 valence electrons. The molecule has 0 aliphatic heterocycles. The van der Waals surface area contributed by atoms with Crippen LogP contribution in [-0.4, -0.2) is 9.55 Å². The summed E-state index contributed by atoms with van der Waals surface area (Å²) in [7, 11) is 0. The van der Waals surface area contributed by atoms with E-state index >= 15 is 0 Å². The number of hydrogen-bond donors (Lipinski definition) is 0. The van der Waals surface area contributed by atoms with Gasteiger partial charge in [-0.15, -0.1) is 0 Å². The van der Waals surface area contributed by atoms with E-state index in [0.29, 0.717) is 0 Å². The normalized spacial score (nSPS) is 11.1. The first-order valence-electron chi connectivity index (χ1n) is 6.61. The molecule has 2 aromatic heterocycles. The second-order valence-electron chi connectivity index (χ2n) is 4.83. The van der Waals surface area contributed by atoms with Crippen LogP contribution in [0, 0.1) is 13.8 Å². The van der Waals surface area contributed by atoms with Crippen molar-refractivity contribution >= 4 is 11.0 Å². The van der Waals surface area contributed by atoms with Crippen molar-refractivity contribution in [2.45, 2.75) is 46.6 Å². The Hall–Kier alpha value is -1.64. The summed E-state index contributed by atoms with van der Waals surface area (Å²) in [5, 5.41) is 1.09. The molecule has 0 radical (unpaired) electrons. The van der Waals surface area contributed by atoms with Crippen LogP contribution in [0.5, 0.6) is 0 Å². The van der Waals surface area contributed by atoms with Crippen LogP contribution in [0.4, 0.5) is 0 Å². The molecule has 0 spiro atoms. The van der Waals surface area contributed by atoms with E-state index < -0.39 is 0 Å². The number of hydrogen-bond acceptors (Lipinski definition) is 2. The molecule has 3 heteroatoms. The summed E-state index contributed by atoms with van der Waals surface area (Å²) in [4.78, 5) is 16.4. The van der Waals surface area contributed by atoms with Crippen molar-refractivity contribution in [2.75, 3.05) is 0 Å². The lowest BCUT2D eigenvalue weighted by atomic mass is 10.1. The van der Waals surface area contributed by atoms with E-state index in [1.54, 1.807) is 10.6 Å². The summed E-state index contributed by atoms with van der Waals surface area (Å²) in [6, 6.07) is 3.55. The number of rotatable bonds is 4. The third kappa shape index (κ3) is 2.30. The van der Waals surface area contributed by atoms with Gasteiger partial charge < -0.3 is 0 Å². The van der Waals surface area contributed by atoms with Gasteiger partial charge in [-0.05, 0) is 37.5 Å². The first-order chi connectivity index (χ1) is 8.65. The second-order valence-corrected chi connectivity index (χ2v) is 4.83. The molecule has 0 bridgehead atoms. The Labute approximate surface area is 107 Å². The summed E-state index contributed by atoms with van der Waals surface area (Å²) >= 11 is 0. The molecule has 0 aromatic carbocycles. The SMILES string of the molecule is CCCCCn1c(=O)ccc2c(C)c(C)cnc21. The number of pyridine rings is 2. The monoisotopic (exact) mass is 244 g/mol. The average Bonchev–Trinajstić information content (AvgIpc) is 2.36. The third-order valence-corrected chi connectivity index (χ3v) is 3.52. The molecule has 18 heavy (non-hydrogen) atoms. The number of unbranched alkanes of at least 4 members (excludes halogenated alkanes) is 2. The number of aromatic nitrogens is 2. The fourth-order valence-corrected chi connectivity index (χ4v) is 2.20. The molecule has 3 nitrogen and oxygen atoms in total. The molecule has 0 aliphatic rings. The van der Waals surface area contributed by atoms with Gasteiger partial charge in [-0.1, -0.05) is 19.8 Å². The van der Waals surface area contributed by atoms with Gasteiger partial charge >= 0.3 is 0 Å². The van der Waals surface area contributed by atoms with Crippen molar-refractivity contribution in [3.63, 3.8) is 0 Å². The molecule has 0 saturated carbocycles. The zero-order valence-corrected chi connectivity index (χ0v) is 11.4. The Kier molecular flexibility index (Phi) is 3.80. The average molecular weight is 244 g/mol. The van der Waals surface area contributed by atoms with Crippen molar-refractivity contribution in [3.8, 4) is 0 Å². The van der Waals surface area contributed by atoms with Crippen LogP contribution in [0.2, 0.25) is 0 Å². The van der Waals surface area contributed by atoms with Gasteiger partial charge in [0.15, 0.2) is 0 Å². The molecule has 0 unspecified atom stereocenters. The van der Waals surface area contributed by atoms with Gasteiger partial charge in [-0.25, -0.2) is 4.98 Å². The van der Waals surface area contributed by atoms with Crippen molar-refractivity contribution in [1.82, 2.24) is 9.55 Å². The van der Waals surface area contributed by atoms with Gasteiger partial charge in [0, 0.05) is 24.2 Å². The fourth-order valence-electron chi connectivity index (χ4n) is 2.20. The first kappa shape index (κ1) is 12.8. The van der Waals surface area contributed by atoms with Crippen molar-refractivity contribution in [2.24, 2.45) is 0 Å². The van der Waals surface area contributed by atoms with E-state index in [0.717, 1.165) is 36.8 Å². The maximum absolute atomic E-state index is 11.9. The maximum Gasteiger partial charge on any atom is 0.252 e. The van der Waals surface area contributed by atoms with Gasteiger partial charge in [0.05, 0.1) is 0 Å². The van der Waals surface area contributed by atoms with Crippen LogP contribution in [0.15, 0.2) is 23.1 Å². The number of nitrogens with zero attached hydrogens (tertiary/aromatic N) is 2. The van der Waals surface area contributed by atoms with Crippen molar-refractivity contribution in [1.29, 1.82) is 0 Å². The van der Waals surface area contributed by atoms with E-state index in [1.165, 1.54) is 11.1 Å². The van der Waals surface area contributed by atoms with Crippen LogP contribution >= 0.6 is 0 Å². The minimum Gasteiger partial charge on any atom is -0.293 e. The van der Waals surface area contributed by atoms with Crippen LogP contribution in [0.25, 0.3) is 11.0 Å². The highest BCUT2D eigenvalue weighted by Crippen LogP contribution is 2.17. The molecule has 0 N–H and O–H groups in total. The molecular formula is C15H20N2O. The molecule has 2 rings (SSSR count). The number of aryl methyl sites for hydroxylation is 3. The highest BCUT2D eigenvalue weighted by atomic mass is 16.1. The van der Waals surface area contributed by atoms with E-state index in [4.69, 9.17) is 0 Å². The molecule has 0 fully saturated rings. The maximum atomic E-state index is 11.9. The predicted octanol–water partition coefficient (Wildman–Crippen LogP) is 3.20. The largest absolute Gasteiger partial charge is 0.293 e. The third-order valence-electron chi connectivity index (χ3n) is 3.52. The Bertz CT molecular complexity index is 614. The summed E-state index contributed by atoms with van der Waals surface area (Å²) in [6.45, 7) is 7.06. The Morgan fingerprint density at radius 2 is 2.00 bits per heavy atom. The van der Waals surface area contributed by atoms with Gasteiger partial charge in [0.25, 0.3) is 5.56 Å². The van der Waals surface area contributed by atoms with E-state index in [-0.39, 0.29) is 5.56 Å². The van der Waals surface area contributed by atoms with Crippen molar-refractivity contribution < 1.29 is 0 Å². The fraction of sp³-hybridized carbons (Fsp3) is 0.467. The second kappa shape index (κ2) is 5.34. The quantitative estimate of drug-likeness (QED) is 0.774. The predicted molar refractivity (Wildman–Crippen MR) is 75.0 cm³/mol. The molecule has 0 atom stereocenters. The van der Waals surface area contributed by atoms with Crippen LogP contribution in [-0.2, 0) is 6.54 Å². The smallest absolute Gasteiger partial charge is 0.252 e. The lowest BCUT2D eigenvalue weighted by Gasteiger charge is -2.11. The van der Waals surface area contributed by atoms with Crippen LogP contribution < -0.4 is 5.56 Å². The first-order valence-corrected chi connectivity index (χ1v) is 6.61. The van der Waals surface area contributed by atoms with Gasteiger partial charge in [0.1, 0.15) is 5.65 Å². The number of fused-ring (bicyclic) bond motifs is 1. The molecule has 0 aliphatic carbocycles. The Morgan fingerprint density at radius 1 is 1.22 bits per heavy atom. The van der Waals surface area contributed by atoms with Gasteiger partial charge in [-0.2, -0.15) is 0 Å². The lowest BCUT2D eigenvalue weighted by molar-refractivity contribution is 0.599. The van der Waals surface area contributed by atoms with E-state index in [2.05, 4.69) is 18.8 Å². The van der Waals surface area contributed by atoms with Crippen molar-refractivity contribution in [3.05, 3.63) is 39.8 Å². The summed E-state index contributed by atoms with van der Waals surface area (Å²) in [5.74, 6) is 0. The highest BCUT2D eigenvalue weighted by Gasteiger charge is 2.07. The topological polar surface area (TPSA) is 34.9 Å². The van der Waals surface area contributed by atoms with Gasteiger partial charge in [0.2, 0.25) is 0 Å². The summed E-state index contributed by atoms with van der Waals surface area (Å²) in [6.07, 6.45) is 5.19. The molecule has 2 aromatic rings. The zero-order valence-electron chi connectivity index (χ0n) is 11.4. The van der Waals surface area contributed by atoms with E-state index in [1.807, 2.05) is 19.2 Å². The minimum atomic E-state index is 0.0503. The molecule has 2 heterocycles. The summed E-state index contributed by atoms with van der Waals surface area (Å²) < 4.78 is 1.80. The summed E-state index contributed by atoms with van der Waals surface area (Å²) in [5.41, 5.74) is 3.25. The zero-order chi connectivity index (χ0) is 13.1. The molecule has 0 amide bonds. The highest BCUT2D eigenvalue weighted by molar-refractivity contribution is 5.79. The van der Waals surface area contributed by atoms with Crippen LogP contribution in [0.1, 0.15) is 37.3 Å².